The normalized spacial score (nSPS) is 19.8. The third-order valence-electron chi connectivity index (χ3n) is 4.66. The summed E-state index contributed by atoms with van der Waals surface area (Å²) in [5.74, 6) is -2.19. The molecule has 0 radical (unpaired) electrons. The first-order chi connectivity index (χ1) is 12.0. The molecular formula is C17H21N3O5. The van der Waals surface area contributed by atoms with Crippen molar-refractivity contribution in [3.05, 3.63) is 36.4 Å². The highest BCUT2D eigenvalue weighted by atomic mass is 16.7. The molecule has 2 aromatic rings. The highest BCUT2D eigenvalue weighted by molar-refractivity contribution is 5.94. The Balaban J connectivity index is 1.95. The fraction of sp³-hybridized carbons (Fsp3) is 0.471. The molecule has 0 N–H and O–H groups in total. The predicted molar refractivity (Wildman–Crippen MR) is 88.0 cm³/mol. The molecule has 8 heteroatoms. The number of nitrogens with zero attached hydrogens (tertiary/aromatic N) is 3. The Labute approximate surface area is 145 Å². The van der Waals surface area contributed by atoms with Crippen LogP contribution < -0.4 is 0 Å². The van der Waals surface area contributed by atoms with Gasteiger partial charge in [0.25, 0.3) is 5.91 Å². The molecule has 1 saturated heterocycles. The number of esters is 1. The lowest BCUT2D eigenvalue weighted by atomic mass is 9.92. The number of fused-ring (bicyclic) bond motifs is 1. The summed E-state index contributed by atoms with van der Waals surface area (Å²) in [6.45, 7) is 0.461. The van der Waals surface area contributed by atoms with Crippen molar-refractivity contribution in [2.45, 2.75) is 12.2 Å². The number of carbonyl (C=O) groups excluding carboxylic acids is 2. The Morgan fingerprint density at radius 2 is 2.00 bits per heavy atom. The molecule has 0 bridgehead atoms. The van der Waals surface area contributed by atoms with Gasteiger partial charge in [0.15, 0.2) is 5.79 Å². The van der Waals surface area contributed by atoms with E-state index in [0.29, 0.717) is 12.1 Å². The van der Waals surface area contributed by atoms with Gasteiger partial charge in [0.05, 0.1) is 37.6 Å². The molecule has 8 nitrogen and oxygen atoms in total. The number of hydrogen-bond acceptors (Lipinski definition) is 6. The third-order valence-corrected chi connectivity index (χ3v) is 4.66. The highest BCUT2D eigenvalue weighted by Gasteiger charge is 2.45. The zero-order valence-corrected chi connectivity index (χ0v) is 14.5. The number of imidazole rings is 1. The first-order valence-electron chi connectivity index (χ1n) is 7.92. The lowest BCUT2D eigenvalue weighted by molar-refractivity contribution is -0.238. The van der Waals surface area contributed by atoms with Crippen molar-refractivity contribution in [1.82, 2.24) is 14.3 Å². The molecule has 25 heavy (non-hydrogen) atoms. The van der Waals surface area contributed by atoms with E-state index < -0.39 is 17.7 Å². The minimum absolute atomic E-state index is 0.220. The van der Waals surface area contributed by atoms with Crippen LogP contribution in [0.1, 0.15) is 16.9 Å². The smallest absolute Gasteiger partial charge is 0.310 e. The first kappa shape index (κ1) is 17.4. The number of hydrogen-bond donors (Lipinski definition) is 0. The van der Waals surface area contributed by atoms with Crippen LogP contribution in [0.2, 0.25) is 0 Å². The number of pyridine rings is 1. The quantitative estimate of drug-likeness (QED) is 0.605. The summed E-state index contributed by atoms with van der Waals surface area (Å²) in [6.07, 6.45) is 3.59. The van der Waals surface area contributed by atoms with Gasteiger partial charge in [-0.05, 0) is 12.1 Å². The Morgan fingerprint density at radius 3 is 2.68 bits per heavy atom. The van der Waals surface area contributed by atoms with Crippen LogP contribution in [0.5, 0.6) is 0 Å². The predicted octanol–water partition coefficient (Wildman–Crippen LogP) is 0.958. The summed E-state index contributed by atoms with van der Waals surface area (Å²) in [6, 6.07) is 5.39. The summed E-state index contributed by atoms with van der Waals surface area (Å²) in [7, 11) is 4.33. The Morgan fingerprint density at radius 1 is 1.24 bits per heavy atom. The van der Waals surface area contributed by atoms with Gasteiger partial charge < -0.3 is 19.1 Å². The van der Waals surface area contributed by atoms with Gasteiger partial charge in [-0.1, -0.05) is 6.07 Å². The minimum atomic E-state index is -1.05. The van der Waals surface area contributed by atoms with Gasteiger partial charge in [-0.3, -0.25) is 14.0 Å². The van der Waals surface area contributed by atoms with Crippen LogP contribution >= 0.6 is 0 Å². The van der Waals surface area contributed by atoms with Gasteiger partial charge >= 0.3 is 5.97 Å². The molecule has 134 valence electrons. The van der Waals surface area contributed by atoms with Crippen LogP contribution in [0.4, 0.5) is 0 Å². The number of carbonyl (C=O) groups is 2. The van der Waals surface area contributed by atoms with Crippen molar-refractivity contribution in [2.24, 2.45) is 5.92 Å². The molecule has 0 aromatic carbocycles. The fourth-order valence-corrected chi connectivity index (χ4v) is 3.27. The van der Waals surface area contributed by atoms with Crippen molar-refractivity contribution in [3.8, 4) is 0 Å². The summed E-state index contributed by atoms with van der Waals surface area (Å²) < 4.78 is 17.6. The van der Waals surface area contributed by atoms with Crippen LogP contribution in [0, 0.1) is 5.92 Å². The second-order valence-corrected chi connectivity index (χ2v) is 6.03. The van der Waals surface area contributed by atoms with Crippen LogP contribution in [0.3, 0.4) is 0 Å². The Bertz CT molecular complexity index is 783. The fourth-order valence-electron chi connectivity index (χ4n) is 3.27. The SMILES string of the molecule is COC(=O)C1CN(C(=O)c2cccc3cncn23)CC(OC)(OC)C1. The zero-order valence-electron chi connectivity index (χ0n) is 14.5. The summed E-state index contributed by atoms with van der Waals surface area (Å²) in [5, 5.41) is 0. The maximum atomic E-state index is 13.1. The summed E-state index contributed by atoms with van der Waals surface area (Å²) in [5.41, 5.74) is 1.28. The molecule has 1 fully saturated rings. The molecule has 0 aliphatic carbocycles. The second-order valence-electron chi connectivity index (χ2n) is 6.03. The number of piperidine rings is 1. The molecule has 1 aliphatic heterocycles. The highest BCUT2D eigenvalue weighted by Crippen LogP contribution is 2.31. The number of likely N-dealkylation sites (tertiary alicyclic amines) is 1. The van der Waals surface area contributed by atoms with E-state index in [4.69, 9.17) is 14.2 Å². The monoisotopic (exact) mass is 347 g/mol. The van der Waals surface area contributed by atoms with E-state index in [-0.39, 0.29) is 19.0 Å². The molecule has 2 aromatic heterocycles. The van der Waals surface area contributed by atoms with E-state index in [9.17, 15) is 9.59 Å². The lowest BCUT2D eigenvalue weighted by Crippen LogP contribution is -2.57. The third kappa shape index (κ3) is 3.10. The van der Waals surface area contributed by atoms with Crippen molar-refractivity contribution >= 4 is 17.4 Å². The van der Waals surface area contributed by atoms with Gasteiger partial charge in [0.1, 0.15) is 5.69 Å². The average molecular weight is 347 g/mol. The Hall–Kier alpha value is -2.45. The van der Waals surface area contributed by atoms with Gasteiger partial charge in [-0.2, -0.15) is 0 Å². The van der Waals surface area contributed by atoms with Crippen LogP contribution in [0.15, 0.2) is 30.7 Å². The van der Waals surface area contributed by atoms with Crippen LogP contribution in [-0.4, -0.2) is 66.4 Å². The number of aromatic nitrogens is 2. The van der Waals surface area contributed by atoms with Gasteiger partial charge in [0.2, 0.25) is 0 Å². The molecular weight excluding hydrogens is 326 g/mol. The van der Waals surface area contributed by atoms with Crippen molar-refractivity contribution in [1.29, 1.82) is 0 Å². The summed E-state index contributed by atoms with van der Waals surface area (Å²) in [4.78, 5) is 30.8. The molecule has 1 amide bonds. The molecule has 1 unspecified atom stereocenters. The number of amides is 1. The van der Waals surface area contributed by atoms with Crippen molar-refractivity contribution in [3.63, 3.8) is 0 Å². The number of methoxy groups -OCH3 is 3. The average Bonchev–Trinajstić information content (AvgIpc) is 3.15. The topological polar surface area (TPSA) is 82.4 Å². The second kappa shape index (κ2) is 6.81. The van der Waals surface area contributed by atoms with Gasteiger partial charge in [-0.25, -0.2) is 4.98 Å². The standard InChI is InChI=1S/C17H21N3O5/c1-23-16(22)12-7-17(24-2,25-3)10-19(9-12)15(21)14-6-4-5-13-8-18-11-20(13)14/h4-6,8,11-12H,7,9-10H2,1-3H3. The maximum Gasteiger partial charge on any atom is 0.310 e. The first-order valence-corrected chi connectivity index (χ1v) is 7.92. The van der Waals surface area contributed by atoms with E-state index in [1.807, 2.05) is 6.07 Å². The maximum absolute atomic E-state index is 13.1. The Kier molecular flexibility index (Phi) is 4.73. The van der Waals surface area contributed by atoms with E-state index in [1.165, 1.54) is 21.3 Å². The van der Waals surface area contributed by atoms with E-state index in [2.05, 4.69) is 4.98 Å². The number of rotatable bonds is 4. The molecule has 3 heterocycles. The largest absolute Gasteiger partial charge is 0.469 e. The number of ether oxygens (including phenoxy) is 3. The molecule has 1 aliphatic rings. The lowest BCUT2D eigenvalue weighted by Gasteiger charge is -2.43. The van der Waals surface area contributed by atoms with Crippen molar-refractivity contribution in [2.75, 3.05) is 34.4 Å². The van der Waals surface area contributed by atoms with E-state index >= 15 is 0 Å². The molecule has 0 spiro atoms. The molecule has 3 rings (SSSR count). The van der Waals surface area contributed by atoms with E-state index in [0.717, 1.165) is 5.52 Å². The molecule has 0 saturated carbocycles. The van der Waals surface area contributed by atoms with Crippen molar-refractivity contribution < 1.29 is 23.8 Å². The minimum Gasteiger partial charge on any atom is -0.469 e. The summed E-state index contributed by atoms with van der Waals surface area (Å²) >= 11 is 0. The van der Waals surface area contributed by atoms with E-state index in [1.54, 1.807) is 34.0 Å². The van der Waals surface area contributed by atoms with Crippen LogP contribution in [-0.2, 0) is 19.0 Å². The van der Waals surface area contributed by atoms with Gasteiger partial charge in [0, 0.05) is 27.2 Å². The van der Waals surface area contributed by atoms with Crippen LogP contribution in [0.25, 0.3) is 5.52 Å². The molecule has 1 atom stereocenters. The van der Waals surface area contributed by atoms with Gasteiger partial charge in [-0.15, -0.1) is 0 Å². The zero-order chi connectivity index (χ0) is 18.0.